The highest BCUT2D eigenvalue weighted by Crippen LogP contribution is 2.34. The number of aliphatic hydroxyl groups is 1. The van der Waals surface area contributed by atoms with Crippen LogP contribution >= 0.6 is 27.7 Å². The van der Waals surface area contributed by atoms with Crippen molar-refractivity contribution in [3.8, 4) is 5.75 Å². The van der Waals surface area contributed by atoms with Crippen LogP contribution in [0.4, 0.5) is 0 Å². The third-order valence-electron chi connectivity index (χ3n) is 4.76. The van der Waals surface area contributed by atoms with E-state index >= 15 is 0 Å². The van der Waals surface area contributed by atoms with Crippen LogP contribution < -0.4 is 10.1 Å². The summed E-state index contributed by atoms with van der Waals surface area (Å²) >= 11 is 3.60. The molecule has 2 unspecified atom stereocenters. The zero-order chi connectivity index (χ0) is 26.1. The molecule has 190 valence electrons. The number of amides is 2. The van der Waals surface area contributed by atoms with Gasteiger partial charge < -0.3 is 24.6 Å². The molecule has 11 nitrogen and oxygen atoms in total. The molecule has 0 spiro atoms. The van der Waals surface area contributed by atoms with Gasteiger partial charge in [0.2, 0.25) is 6.79 Å². The van der Waals surface area contributed by atoms with Crippen molar-refractivity contribution in [3.63, 3.8) is 0 Å². The van der Waals surface area contributed by atoms with Gasteiger partial charge in [0.15, 0.2) is 17.9 Å². The first kappa shape index (κ1) is 28.2. The standard InChI is InChI=1S/C22H25BrN2O9S/c1-12(2)14-4-6-15(7-5-14)32-9-17(29)24-18-20(30)25(21(18)35-10-26)19(16(28)8-23)22(31)34-11-33-13(3)27/h4-7,10,12,18,21,28H,8-9,11H2,1-3H3,(H,24,29). The molecule has 1 aromatic rings. The lowest BCUT2D eigenvalue weighted by atomic mass is 10.0. The van der Waals surface area contributed by atoms with Gasteiger partial charge in [0.1, 0.15) is 22.9 Å². The van der Waals surface area contributed by atoms with Crippen molar-refractivity contribution in [1.82, 2.24) is 10.2 Å². The van der Waals surface area contributed by atoms with Crippen LogP contribution in [0.1, 0.15) is 32.3 Å². The van der Waals surface area contributed by atoms with Gasteiger partial charge >= 0.3 is 11.9 Å². The summed E-state index contributed by atoms with van der Waals surface area (Å²) in [5.74, 6) is -3.00. The molecular formula is C22H25BrN2O9S. The van der Waals surface area contributed by atoms with Crippen LogP contribution in [0.2, 0.25) is 0 Å². The lowest BCUT2D eigenvalue weighted by Crippen LogP contribution is -2.70. The Labute approximate surface area is 214 Å². The molecule has 0 aliphatic carbocycles. The van der Waals surface area contributed by atoms with Crippen LogP contribution in [-0.4, -0.2) is 69.5 Å². The number of β-lactam (4-membered cyclic amide) rings is 1. The summed E-state index contributed by atoms with van der Waals surface area (Å²) in [4.78, 5) is 60.5. The van der Waals surface area contributed by atoms with E-state index in [1.54, 1.807) is 12.1 Å². The number of halogens is 1. The van der Waals surface area contributed by atoms with Gasteiger partial charge in [-0.2, -0.15) is 0 Å². The number of hydrogen-bond donors (Lipinski definition) is 2. The second-order valence-electron chi connectivity index (χ2n) is 7.50. The van der Waals surface area contributed by atoms with Gasteiger partial charge in [-0.25, -0.2) is 4.79 Å². The molecule has 1 saturated heterocycles. The Morgan fingerprint density at radius 1 is 1.23 bits per heavy atom. The van der Waals surface area contributed by atoms with E-state index in [2.05, 4.69) is 26.0 Å². The van der Waals surface area contributed by atoms with Crippen LogP contribution in [0.3, 0.4) is 0 Å². The summed E-state index contributed by atoms with van der Waals surface area (Å²) in [5, 5.41) is 11.4. The first-order chi connectivity index (χ1) is 16.6. The maximum absolute atomic E-state index is 12.8. The summed E-state index contributed by atoms with van der Waals surface area (Å²) in [6.45, 7) is 4.08. The zero-order valence-electron chi connectivity index (χ0n) is 19.2. The Hall–Kier alpha value is -3.06. The van der Waals surface area contributed by atoms with Gasteiger partial charge in [0, 0.05) is 6.92 Å². The molecule has 0 aromatic heterocycles. The second-order valence-corrected chi connectivity index (χ2v) is 9.01. The fourth-order valence-corrected chi connectivity index (χ4v) is 4.05. The minimum atomic E-state index is -1.16. The SMILES string of the molecule is CC(=O)OCOC(=O)C(=C(O)CBr)N1C(=O)C(NC(=O)COc2ccc(C(C)C)cc2)C1SC=O. The molecule has 1 aromatic carbocycles. The number of aliphatic hydroxyl groups excluding tert-OH is 1. The number of nitrogens with one attached hydrogen (secondary N) is 1. The Balaban J connectivity index is 2.06. The maximum atomic E-state index is 12.8. The topological polar surface area (TPSA) is 149 Å². The first-order valence-electron chi connectivity index (χ1n) is 10.3. The van der Waals surface area contributed by atoms with E-state index < -0.39 is 53.4 Å². The van der Waals surface area contributed by atoms with Crippen LogP contribution in [0.15, 0.2) is 35.7 Å². The molecular weight excluding hydrogens is 548 g/mol. The fourth-order valence-electron chi connectivity index (χ4n) is 3.00. The monoisotopic (exact) mass is 572 g/mol. The summed E-state index contributed by atoms with van der Waals surface area (Å²) in [6, 6.07) is 6.06. The Morgan fingerprint density at radius 3 is 2.43 bits per heavy atom. The lowest BCUT2D eigenvalue weighted by molar-refractivity contribution is -0.166. The smallest absolute Gasteiger partial charge is 0.361 e. The summed E-state index contributed by atoms with van der Waals surface area (Å²) in [5.41, 5.74) is 0.992. The molecule has 1 heterocycles. The number of thioether (sulfide) groups is 1. The summed E-state index contributed by atoms with van der Waals surface area (Å²) in [7, 11) is 0. The van der Waals surface area contributed by atoms with Crippen molar-refractivity contribution in [1.29, 1.82) is 0 Å². The number of ether oxygens (including phenoxy) is 3. The molecule has 13 heteroatoms. The highest BCUT2D eigenvalue weighted by atomic mass is 79.9. The molecule has 2 rings (SSSR count). The quantitative estimate of drug-likeness (QED) is 0.0724. The number of carbonyl (C=O) groups is 5. The zero-order valence-corrected chi connectivity index (χ0v) is 21.6. The Morgan fingerprint density at radius 2 is 1.89 bits per heavy atom. The highest BCUT2D eigenvalue weighted by molar-refractivity contribution is 9.09. The highest BCUT2D eigenvalue weighted by Gasteiger charge is 2.53. The molecule has 0 saturated carbocycles. The van der Waals surface area contributed by atoms with Gasteiger partial charge in [-0.05, 0) is 23.6 Å². The number of likely N-dealkylation sites (tertiary alicyclic amines) is 1. The Bertz CT molecular complexity index is 997. The van der Waals surface area contributed by atoms with E-state index in [-0.39, 0.29) is 11.9 Å². The van der Waals surface area contributed by atoms with Crippen molar-refractivity contribution in [2.24, 2.45) is 0 Å². The first-order valence-corrected chi connectivity index (χ1v) is 12.4. The largest absolute Gasteiger partial charge is 0.509 e. The Kier molecular flexibility index (Phi) is 10.6. The molecule has 1 aliphatic rings. The summed E-state index contributed by atoms with van der Waals surface area (Å²) in [6.07, 6.45) is 0. The fraction of sp³-hybridized carbons (Fsp3) is 0.409. The molecule has 1 aliphatic heterocycles. The van der Waals surface area contributed by atoms with Crippen molar-refractivity contribution in [2.45, 2.75) is 38.1 Å². The van der Waals surface area contributed by atoms with Crippen LogP contribution in [0, 0.1) is 0 Å². The molecule has 2 amide bonds. The minimum absolute atomic E-state index is 0.215. The van der Waals surface area contributed by atoms with Gasteiger partial charge in [-0.15, -0.1) is 0 Å². The van der Waals surface area contributed by atoms with E-state index in [1.807, 2.05) is 26.0 Å². The normalized spacial score (nSPS) is 17.7. The van der Waals surface area contributed by atoms with E-state index in [9.17, 15) is 29.1 Å². The summed E-state index contributed by atoms with van der Waals surface area (Å²) < 4.78 is 14.8. The van der Waals surface area contributed by atoms with Gasteiger partial charge in [-0.3, -0.25) is 24.1 Å². The van der Waals surface area contributed by atoms with Crippen LogP contribution in [0.25, 0.3) is 0 Å². The molecule has 0 bridgehead atoms. The van der Waals surface area contributed by atoms with E-state index in [0.717, 1.165) is 17.4 Å². The molecule has 0 radical (unpaired) electrons. The molecule has 2 atom stereocenters. The number of nitrogens with zero attached hydrogens (tertiary/aromatic N) is 1. The average Bonchev–Trinajstić information content (AvgIpc) is 2.83. The van der Waals surface area contributed by atoms with Crippen molar-refractivity contribution < 1.29 is 43.3 Å². The van der Waals surface area contributed by atoms with Gasteiger partial charge in [0.25, 0.3) is 11.8 Å². The number of benzene rings is 1. The average molecular weight is 573 g/mol. The molecule has 35 heavy (non-hydrogen) atoms. The number of rotatable bonds is 12. The predicted octanol–water partition coefficient (Wildman–Crippen LogP) is 1.99. The number of hydrogen-bond acceptors (Lipinski definition) is 10. The van der Waals surface area contributed by atoms with Crippen molar-refractivity contribution in [2.75, 3.05) is 18.7 Å². The van der Waals surface area contributed by atoms with Crippen molar-refractivity contribution in [3.05, 3.63) is 41.3 Å². The van der Waals surface area contributed by atoms with E-state index in [4.69, 9.17) is 9.47 Å². The van der Waals surface area contributed by atoms with Crippen molar-refractivity contribution >= 4 is 57.1 Å². The predicted molar refractivity (Wildman–Crippen MR) is 129 cm³/mol. The maximum Gasteiger partial charge on any atom is 0.361 e. The van der Waals surface area contributed by atoms with Gasteiger partial charge in [-0.1, -0.05) is 53.7 Å². The lowest BCUT2D eigenvalue weighted by Gasteiger charge is -2.45. The van der Waals surface area contributed by atoms with Crippen LogP contribution in [0.5, 0.6) is 5.75 Å². The third-order valence-corrected chi connectivity index (χ3v) is 6.16. The number of allylic oxidation sites excluding steroid dienone is 1. The number of alkyl halides is 1. The van der Waals surface area contributed by atoms with Crippen LogP contribution in [-0.2, 0) is 33.4 Å². The van der Waals surface area contributed by atoms with E-state index in [1.165, 1.54) is 0 Å². The molecule has 1 fully saturated rings. The molecule has 2 N–H and O–H groups in total. The number of esters is 2. The van der Waals surface area contributed by atoms with Gasteiger partial charge in [0.05, 0.1) is 5.33 Å². The second kappa shape index (κ2) is 13.1. The minimum Gasteiger partial charge on any atom is -0.509 e. The third kappa shape index (κ3) is 7.46. The number of carbonyl (C=O) groups excluding carboxylic acids is 5. The van der Waals surface area contributed by atoms with E-state index in [0.29, 0.717) is 29.0 Å².